The molecule has 2 heterocycles. The second-order valence-electron chi connectivity index (χ2n) is 8.25. The lowest BCUT2D eigenvalue weighted by Crippen LogP contribution is -2.27. The minimum atomic E-state index is -0.473. The van der Waals surface area contributed by atoms with Crippen LogP contribution < -0.4 is 14.2 Å². The Labute approximate surface area is 213 Å². The Hall–Kier alpha value is -4.10. The van der Waals surface area contributed by atoms with Crippen LogP contribution in [-0.2, 0) is 0 Å². The van der Waals surface area contributed by atoms with E-state index >= 15 is 0 Å². The highest BCUT2D eigenvalue weighted by atomic mass is 35.5. The predicted octanol–water partition coefficient (Wildman–Crippen LogP) is 5.91. The minimum absolute atomic E-state index is 0.289. The summed E-state index contributed by atoms with van der Waals surface area (Å²) in [6.07, 6.45) is 0.449. The molecule has 0 bridgehead atoms. The summed E-state index contributed by atoms with van der Waals surface area (Å²) >= 11 is 6.73. The van der Waals surface area contributed by atoms with Crippen LogP contribution in [-0.4, -0.2) is 42.9 Å². The van der Waals surface area contributed by atoms with Gasteiger partial charge in [0.1, 0.15) is 27.9 Å². The lowest BCUT2D eigenvalue weighted by Gasteiger charge is -2.24. The van der Waals surface area contributed by atoms with Crippen molar-refractivity contribution in [2.45, 2.75) is 12.5 Å². The molecule has 0 saturated carbocycles. The van der Waals surface area contributed by atoms with Gasteiger partial charge in [-0.3, -0.25) is 4.79 Å². The van der Waals surface area contributed by atoms with E-state index in [0.717, 1.165) is 16.7 Å². The molecule has 0 radical (unpaired) electrons. The molecule has 1 amide bonds. The number of nitrogens with zero attached hydrogens (tertiary/aromatic N) is 3. The summed E-state index contributed by atoms with van der Waals surface area (Å²) in [7, 11) is 4.75. The van der Waals surface area contributed by atoms with Crippen molar-refractivity contribution in [1.82, 2.24) is 9.99 Å². The summed E-state index contributed by atoms with van der Waals surface area (Å²) in [6, 6.07) is 21.8. The molecule has 0 saturated heterocycles. The van der Waals surface area contributed by atoms with E-state index in [1.54, 1.807) is 32.4 Å². The third-order valence-corrected chi connectivity index (χ3v) is 6.53. The smallest absolute Gasteiger partial charge is 0.278 e. The minimum Gasteiger partial charge on any atom is -0.497 e. The summed E-state index contributed by atoms with van der Waals surface area (Å²) in [4.78, 5) is 18.4. The number of amides is 1. The maximum Gasteiger partial charge on any atom is 0.278 e. The molecule has 0 fully saturated rings. The molecule has 0 N–H and O–H groups in total. The monoisotopic (exact) mass is 501 g/mol. The molecule has 36 heavy (non-hydrogen) atoms. The highest BCUT2D eigenvalue weighted by Crippen LogP contribution is 2.40. The molecule has 5 rings (SSSR count). The Bertz CT molecular complexity index is 1490. The van der Waals surface area contributed by atoms with E-state index < -0.39 is 6.04 Å². The van der Waals surface area contributed by atoms with Crippen LogP contribution in [0.1, 0.15) is 33.9 Å². The van der Waals surface area contributed by atoms with Gasteiger partial charge >= 0.3 is 0 Å². The highest BCUT2D eigenvalue weighted by Gasteiger charge is 2.36. The molecule has 1 aromatic heterocycles. The molecular formula is C28H24ClN3O4. The molecule has 0 spiro atoms. The molecule has 4 aromatic rings. The third kappa shape index (κ3) is 4.22. The van der Waals surface area contributed by atoms with Crippen molar-refractivity contribution in [2.75, 3.05) is 21.3 Å². The van der Waals surface area contributed by atoms with Gasteiger partial charge in [0.15, 0.2) is 0 Å². The number of hydrogen-bond acceptors (Lipinski definition) is 6. The first-order valence-corrected chi connectivity index (χ1v) is 11.7. The zero-order valence-corrected chi connectivity index (χ0v) is 20.8. The van der Waals surface area contributed by atoms with Gasteiger partial charge in [-0.2, -0.15) is 5.10 Å². The standard InChI is InChI=1S/C28H24ClN3O4/c1-34-19-10-6-8-17(14-19)22-16-23(32(31-22)28(33)20-11-4-5-12-24(20)35-2)21-15-18-9-7-13-25(36-3)26(18)30-27(21)29/h4-15,23H,16H2,1-3H3/t23-/m1/s1. The van der Waals surface area contributed by atoms with Gasteiger partial charge in [0, 0.05) is 22.9 Å². The fraction of sp³-hybridized carbons (Fsp3) is 0.179. The number of para-hydroxylation sites is 2. The van der Waals surface area contributed by atoms with E-state index in [9.17, 15) is 4.79 Å². The molecule has 1 aliphatic rings. The van der Waals surface area contributed by atoms with Gasteiger partial charge in [0.05, 0.1) is 38.6 Å². The Morgan fingerprint density at radius 1 is 0.917 bits per heavy atom. The average molecular weight is 502 g/mol. The molecule has 1 atom stereocenters. The number of pyridine rings is 1. The van der Waals surface area contributed by atoms with Crippen molar-refractivity contribution in [3.8, 4) is 17.2 Å². The zero-order valence-electron chi connectivity index (χ0n) is 20.1. The molecular weight excluding hydrogens is 478 g/mol. The number of carbonyl (C=O) groups is 1. The number of hydrogen-bond donors (Lipinski definition) is 0. The number of methoxy groups -OCH3 is 3. The first-order chi connectivity index (χ1) is 17.5. The number of rotatable bonds is 6. The molecule has 182 valence electrons. The van der Waals surface area contributed by atoms with Crippen LogP contribution in [0.25, 0.3) is 10.9 Å². The number of benzene rings is 3. The van der Waals surface area contributed by atoms with Crippen molar-refractivity contribution in [2.24, 2.45) is 5.10 Å². The van der Waals surface area contributed by atoms with E-state index in [0.29, 0.717) is 40.3 Å². The first-order valence-electron chi connectivity index (χ1n) is 11.4. The van der Waals surface area contributed by atoms with Crippen LogP contribution in [0.4, 0.5) is 0 Å². The summed E-state index contributed by atoms with van der Waals surface area (Å²) in [6.45, 7) is 0. The summed E-state index contributed by atoms with van der Waals surface area (Å²) in [5.74, 6) is 1.51. The van der Waals surface area contributed by atoms with Crippen molar-refractivity contribution in [1.29, 1.82) is 0 Å². The van der Waals surface area contributed by atoms with Gasteiger partial charge in [-0.15, -0.1) is 0 Å². The van der Waals surface area contributed by atoms with E-state index in [2.05, 4.69) is 4.98 Å². The van der Waals surface area contributed by atoms with E-state index in [4.69, 9.17) is 30.9 Å². The maximum atomic E-state index is 13.8. The normalized spacial score (nSPS) is 15.1. The van der Waals surface area contributed by atoms with Gasteiger partial charge in [0.25, 0.3) is 5.91 Å². The summed E-state index contributed by atoms with van der Waals surface area (Å²) in [5, 5.41) is 7.39. The van der Waals surface area contributed by atoms with Crippen molar-refractivity contribution in [3.63, 3.8) is 0 Å². The van der Waals surface area contributed by atoms with Crippen LogP contribution in [0.3, 0.4) is 0 Å². The molecule has 0 unspecified atom stereocenters. The topological polar surface area (TPSA) is 73.2 Å². The van der Waals surface area contributed by atoms with Gasteiger partial charge < -0.3 is 14.2 Å². The SMILES string of the molecule is COc1cccc(C2=NN(C(=O)c3ccccc3OC)[C@@H](c3cc4cccc(OC)c4nc3Cl)C2)c1. The Morgan fingerprint density at radius 2 is 1.67 bits per heavy atom. The lowest BCUT2D eigenvalue weighted by molar-refractivity contribution is 0.0707. The van der Waals surface area contributed by atoms with E-state index in [1.807, 2.05) is 54.6 Å². The van der Waals surface area contributed by atoms with Crippen LogP contribution in [0.5, 0.6) is 17.2 Å². The van der Waals surface area contributed by atoms with Crippen molar-refractivity contribution in [3.05, 3.63) is 94.6 Å². The predicted molar refractivity (Wildman–Crippen MR) is 139 cm³/mol. The van der Waals surface area contributed by atoms with Crippen molar-refractivity contribution < 1.29 is 19.0 Å². The summed E-state index contributed by atoms with van der Waals surface area (Å²) in [5.41, 5.74) is 3.36. The number of halogens is 1. The van der Waals surface area contributed by atoms with Crippen LogP contribution in [0.2, 0.25) is 5.15 Å². The fourth-order valence-electron chi connectivity index (χ4n) is 4.43. The Balaban J connectivity index is 1.63. The summed E-state index contributed by atoms with van der Waals surface area (Å²) < 4.78 is 16.3. The highest BCUT2D eigenvalue weighted by molar-refractivity contribution is 6.30. The first kappa shape index (κ1) is 23.6. The number of hydrazone groups is 1. The molecule has 7 nitrogen and oxygen atoms in total. The number of fused-ring (bicyclic) bond motifs is 1. The fourth-order valence-corrected chi connectivity index (χ4v) is 4.69. The van der Waals surface area contributed by atoms with E-state index in [1.165, 1.54) is 12.1 Å². The van der Waals surface area contributed by atoms with Gasteiger partial charge in [-0.25, -0.2) is 9.99 Å². The number of ether oxygens (including phenoxy) is 3. The Morgan fingerprint density at radius 3 is 2.44 bits per heavy atom. The number of aromatic nitrogens is 1. The second kappa shape index (κ2) is 9.87. The quantitative estimate of drug-likeness (QED) is 0.307. The Kier molecular flexibility index (Phi) is 6.48. The van der Waals surface area contributed by atoms with Crippen LogP contribution in [0, 0.1) is 0 Å². The van der Waals surface area contributed by atoms with Gasteiger partial charge in [-0.05, 0) is 36.4 Å². The zero-order chi connectivity index (χ0) is 25.2. The van der Waals surface area contributed by atoms with Crippen LogP contribution >= 0.6 is 11.6 Å². The molecule has 0 aliphatic carbocycles. The maximum absolute atomic E-state index is 13.8. The molecule has 1 aliphatic heterocycles. The van der Waals surface area contributed by atoms with Crippen LogP contribution in [0.15, 0.2) is 77.9 Å². The number of carbonyl (C=O) groups excluding carboxylic acids is 1. The molecule has 3 aromatic carbocycles. The third-order valence-electron chi connectivity index (χ3n) is 6.23. The van der Waals surface area contributed by atoms with Gasteiger partial charge in [-0.1, -0.05) is 48.0 Å². The van der Waals surface area contributed by atoms with Crippen molar-refractivity contribution >= 4 is 34.1 Å². The largest absolute Gasteiger partial charge is 0.497 e. The average Bonchev–Trinajstić information content (AvgIpc) is 3.37. The van der Waals surface area contributed by atoms with Gasteiger partial charge in [0.2, 0.25) is 0 Å². The van der Waals surface area contributed by atoms with E-state index in [-0.39, 0.29) is 11.1 Å². The second-order valence-corrected chi connectivity index (χ2v) is 8.61. The molecule has 8 heteroatoms. The lowest BCUT2D eigenvalue weighted by atomic mass is 9.97.